The minimum absolute atomic E-state index is 0.0923. The molecule has 0 aliphatic carbocycles. The molecule has 0 atom stereocenters. The van der Waals surface area contributed by atoms with Crippen molar-refractivity contribution in [2.75, 3.05) is 0 Å². The summed E-state index contributed by atoms with van der Waals surface area (Å²) >= 11 is 1.29. The third-order valence-electron chi connectivity index (χ3n) is 3.61. The fourth-order valence-electron chi connectivity index (χ4n) is 2.35. The molecule has 3 aromatic rings. The second-order valence-corrected chi connectivity index (χ2v) is 6.80. The predicted molar refractivity (Wildman–Crippen MR) is 91.5 cm³/mol. The van der Waals surface area contributed by atoms with E-state index in [1.54, 1.807) is 11.4 Å². The Morgan fingerprint density at radius 1 is 1.29 bits per heavy atom. The van der Waals surface area contributed by atoms with E-state index in [0.717, 1.165) is 10.8 Å². The zero-order valence-electron chi connectivity index (χ0n) is 13.2. The molecule has 0 saturated heterocycles. The van der Waals surface area contributed by atoms with Gasteiger partial charge in [-0.05, 0) is 25.3 Å². The molecular weight excluding hydrogens is 329 g/mol. The van der Waals surface area contributed by atoms with Crippen molar-refractivity contribution < 1.29 is 19.0 Å². The largest absolute Gasteiger partial charge is 0.485 e. The van der Waals surface area contributed by atoms with E-state index in [1.807, 2.05) is 24.3 Å². The molecule has 3 rings (SSSR count). The molecule has 24 heavy (non-hydrogen) atoms. The van der Waals surface area contributed by atoms with Gasteiger partial charge in [-0.2, -0.15) is 0 Å². The number of benzene rings is 2. The lowest BCUT2D eigenvalue weighted by Gasteiger charge is -2.12. The second-order valence-electron chi connectivity index (χ2n) is 5.86. The highest BCUT2D eigenvalue weighted by atomic mass is 32.1. The summed E-state index contributed by atoms with van der Waals surface area (Å²) in [6, 6.07) is 10.7. The number of carboxylic acids is 1. The highest BCUT2D eigenvalue weighted by Gasteiger charge is 2.22. The predicted octanol–water partition coefficient (Wildman–Crippen LogP) is 4.78. The molecule has 0 spiro atoms. The average molecular weight is 345 g/mol. The van der Waals surface area contributed by atoms with Gasteiger partial charge in [0.2, 0.25) is 0 Å². The third-order valence-corrected chi connectivity index (χ3v) is 4.43. The number of hydrogen-bond acceptors (Lipinski definition) is 4. The standard InChI is InChI=1S/C18H16FNO3S/c1-18(2,19)14-10-24-15(20-14)9-23-16-12-6-4-3-5-11(12)7-8-13(16)17(21)22/h3-8,10H,9H2,1-2H3,(H,21,22). The van der Waals surface area contributed by atoms with Gasteiger partial charge in [-0.1, -0.05) is 30.3 Å². The Morgan fingerprint density at radius 3 is 2.71 bits per heavy atom. The number of halogens is 1. The Morgan fingerprint density at radius 2 is 2.04 bits per heavy atom. The number of aromatic carboxylic acids is 1. The van der Waals surface area contributed by atoms with Crippen molar-refractivity contribution in [3.8, 4) is 5.75 Å². The molecule has 4 nitrogen and oxygen atoms in total. The summed E-state index contributed by atoms with van der Waals surface area (Å²) < 4.78 is 19.7. The van der Waals surface area contributed by atoms with Crippen LogP contribution >= 0.6 is 11.3 Å². The first-order valence-corrected chi connectivity index (χ1v) is 8.26. The molecule has 1 N–H and O–H groups in total. The molecule has 124 valence electrons. The van der Waals surface area contributed by atoms with Gasteiger partial charge < -0.3 is 9.84 Å². The minimum Gasteiger partial charge on any atom is -0.485 e. The lowest BCUT2D eigenvalue weighted by atomic mass is 10.1. The van der Waals surface area contributed by atoms with Crippen LogP contribution in [0.15, 0.2) is 41.8 Å². The van der Waals surface area contributed by atoms with Gasteiger partial charge in [0.1, 0.15) is 28.6 Å². The van der Waals surface area contributed by atoms with Crippen molar-refractivity contribution in [2.45, 2.75) is 26.1 Å². The second kappa shape index (κ2) is 6.20. The molecule has 0 bridgehead atoms. The van der Waals surface area contributed by atoms with Gasteiger partial charge >= 0.3 is 5.97 Å². The number of hydrogen-bond donors (Lipinski definition) is 1. The molecule has 0 aliphatic rings. The topological polar surface area (TPSA) is 59.4 Å². The number of nitrogens with zero attached hydrogens (tertiary/aromatic N) is 1. The van der Waals surface area contributed by atoms with Crippen LogP contribution in [0.25, 0.3) is 10.8 Å². The lowest BCUT2D eigenvalue weighted by Crippen LogP contribution is -2.10. The van der Waals surface area contributed by atoms with Crippen LogP contribution in [0, 0.1) is 0 Å². The zero-order chi connectivity index (χ0) is 17.3. The van der Waals surface area contributed by atoms with Gasteiger partial charge in [0, 0.05) is 10.8 Å². The summed E-state index contributed by atoms with van der Waals surface area (Å²) in [4.78, 5) is 15.7. The molecule has 6 heteroatoms. The number of aromatic nitrogens is 1. The summed E-state index contributed by atoms with van der Waals surface area (Å²) in [6.45, 7) is 2.98. The van der Waals surface area contributed by atoms with Crippen LogP contribution in [-0.4, -0.2) is 16.1 Å². The van der Waals surface area contributed by atoms with Crippen LogP contribution in [0.5, 0.6) is 5.75 Å². The maximum atomic E-state index is 13.9. The van der Waals surface area contributed by atoms with Crippen LogP contribution in [0.2, 0.25) is 0 Å². The molecule has 0 unspecified atom stereocenters. The van der Waals surface area contributed by atoms with Gasteiger partial charge in [-0.3, -0.25) is 0 Å². The Balaban J connectivity index is 1.93. The van der Waals surface area contributed by atoms with Crippen LogP contribution in [0.1, 0.15) is 34.9 Å². The molecular formula is C18H16FNO3S. The van der Waals surface area contributed by atoms with Crippen molar-refractivity contribution in [1.82, 2.24) is 4.98 Å². The van der Waals surface area contributed by atoms with E-state index < -0.39 is 11.6 Å². The maximum absolute atomic E-state index is 13.9. The number of rotatable bonds is 5. The molecule has 1 aromatic heterocycles. The Hall–Kier alpha value is -2.47. The Kier molecular flexibility index (Phi) is 4.24. The summed E-state index contributed by atoms with van der Waals surface area (Å²) in [5, 5.41) is 13.3. The highest BCUT2D eigenvalue weighted by Crippen LogP contribution is 2.32. The van der Waals surface area contributed by atoms with Gasteiger partial charge in [-0.25, -0.2) is 14.2 Å². The molecule has 0 amide bonds. The lowest BCUT2D eigenvalue weighted by molar-refractivity contribution is 0.0692. The van der Waals surface area contributed by atoms with E-state index in [-0.39, 0.29) is 12.2 Å². The molecule has 0 fully saturated rings. The fourth-order valence-corrected chi connectivity index (χ4v) is 3.21. The summed E-state index contributed by atoms with van der Waals surface area (Å²) in [5.74, 6) is -0.752. The molecule has 1 heterocycles. The molecule has 0 radical (unpaired) electrons. The molecule has 2 aromatic carbocycles. The van der Waals surface area contributed by atoms with Gasteiger partial charge in [-0.15, -0.1) is 11.3 Å². The van der Waals surface area contributed by atoms with Crippen molar-refractivity contribution in [2.24, 2.45) is 0 Å². The number of thiazole rings is 1. The number of carbonyl (C=O) groups is 1. The van der Waals surface area contributed by atoms with Gasteiger partial charge in [0.25, 0.3) is 0 Å². The molecule has 0 saturated carbocycles. The fraction of sp³-hybridized carbons (Fsp3) is 0.222. The normalized spacial score (nSPS) is 11.6. The first kappa shape index (κ1) is 16.4. The summed E-state index contributed by atoms with van der Waals surface area (Å²) in [5.41, 5.74) is -1.07. The first-order chi connectivity index (χ1) is 11.4. The van der Waals surface area contributed by atoms with Crippen molar-refractivity contribution >= 4 is 28.1 Å². The van der Waals surface area contributed by atoms with E-state index in [9.17, 15) is 14.3 Å². The zero-order valence-corrected chi connectivity index (χ0v) is 14.1. The Bertz CT molecular complexity index is 899. The van der Waals surface area contributed by atoms with Gasteiger partial charge in [0.05, 0.1) is 5.69 Å². The van der Waals surface area contributed by atoms with E-state index in [0.29, 0.717) is 16.5 Å². The van der Waals surface area contributed by atoms with E-state index >= 15 is 0 Å². The highest BCUT2D eigenvalue weighted by molar-refractivity contribution is 7.09. The summed E-state index contributed by atoms with van der Waals surface area (Å²) in [7, 11) is 0. The van der Waals surface area contributed by atoms with Crippen molar-refractivity contribution in [3.63, 3.8) is 0 Å². The first-order valence-electron chi connectivity index (χ1n) is 7.38. The third kappa shape index (κ3) is 3.23. The molecule has 0 aliphatic heterocycles. The van der Waals surface area contributed by atoms with E-state index in [1.165, 1.54) is 31.3 Å². The van der Waals surface area contributed by atoms with Crippen LogP contribution in [0.3, 0.4) is 0 Å². The van der Waals surface area contributed by atoms with E-state index in [2.05, 4.69) is 4.98 Å². The van der Waals surface area contributed by atoms with E-state index in [4.69, 9.17) is 4.74 Å². The number of alkyl halides is 1. The average Bonchev–Trinajstić information content (AvgIpc) is 3.01. The Labute approximate surface area is 142 Å². The van der Waals surface area contributed by atoms with Crippen molar-refractivity contribution in [1.29, 1.82) is 0 Å². The SMILES string of the molecule is CC(C)(F)c1csc(COc2c(C(=O)O)ccc3ccccc23)n1. The quantitative estimate of drug-likeness (QED) is 0.723. The monoisotopic (exact) mass is 345 g/mol. The number of fused-ring (bicyclic) bond motifs is 1. The van der Waals surface area contributed by atoms with Crippen molar-refractivity contribution in [3.05, 3.63) is 58.0 Å². The van der Waals surface area contributed by atoms with Crippen LogP contribution in [-0.2, 0) is 12.3 Å². The minimum atomic E-state index is -1.51. The smallest absolute Gasteiger partial charge is 0.339 e. The van der Waals surface area contributed by atoms with Gasteiger partial charge in [0.15, 0.2) is 0 Å². The summed E-state index contributed by atoms with van der Waals surface area (Å²) in [6.07, 6.45) is 0. The number of ether oxygens (including phenoxy) is 1. The maximum Gasteiger partial charge on any atom is 0.339 e. The van der Waals surface area contributed by atoms with Crippen LogP contribution in [0.4, 0.5) is 4.39 Å². The van der Waals surface area contributed by atoms with Crippen LogP contribution < -0.4 is 4.74 Å². The number of carboxylic acid groups (broad SMARTS) is 1.